The molecule has 0 bridgehead atoms. The van der Waals surface area contributed by atoms with Crippen LogP contribution in [0.5, 0.6) is 0 Å². The summed E-state index contributed by atoms with van der Waals surface area (Å²) in [6.45, 7) is 1.71. The van der Waals surface area contributed by atoms with Gasteiger partial charge in [0, 0.05) is 41.2 Å². The first-order chi connectivity index (χ1) is 12.0. The largest absolute Gasteiger partial charge is 0.341 e. The third-order valence-electron chi connectivity index (χ3n) is 4.90. The first-order valence-electron chi connectivity index (χ1n) is 8.45. The van der Waals surface area contributed by atoms with Crippen molar-refractivity contribution in [1.82, 2.24) is 9.80 Å². The zero-order valence-corrected chi connectivity index (χ0v) is 15.3. The Hall–Kier alpha value is -1.77. The standard InChI is InChI=1S/C18H19Cl2N3O2/c19-14-8-13(9-15(20)10-14)17(24)23-5-1-2-16(23)18(25)22-6-3-12(11-21)4-7-22/h8-10,12,16H,1-7H2/t16-/m1/s1. The zero-order valence-electron chi connectivity index (χ0n) is 13.8. The molecule has 5 nitrogen and oxygen atoms in total. The van der Waals surface area contributed by atoms with Crippen molar-refractivity contribution in [2.24, 2.45) is 5.92 Å². The van der Waals surface area contributed by atoms with Gasteiger partial charge >= 0.3 is 0 Å². The fourth-order valence-corrected chi connectivity index (χ4v) is 4.08. The van der Waals surface area contributed by atoms with Crippen molar-refractivity contribution in [3.05, 3.63) is 33.8 Å². The van der Waals surface area contributed by atoms with Gasteiger partial charge in [0.25, 0.3) is 5.91 Å². The van der Waals surface area contributed by atoms with E-state index in [1.165, 1.54) is 0 Å². The van der Waals surface area contributed by atoms with E-state index in [2.05, 4.69) is 6.07 Å². The summed E-state index contributed by atoms with van der Waals surface area (Å²) in [5.41, 5.74) is 0.403. The maximum absolute atomic E-state index is 12.9. The minimum absolute atomic E-state index is 0.0182. The lowest BCUT2D eigenvalue weighted by atomic mass is 9.98. The molecule has 2 aliphatic rings. The molecule has 0 radical (unpaired) electrons. The molecule has 132 valence electrons. The van der Waals surface area contributed by atoms with Crippen LogP contribution in [0.1, 0.15) is 36.0 Å². The van der Waals surface area contributed by atoms with E-state index < -0.39 is 6.04 Å². The molecule has 3 rings (SSSR count). The Morgan fingerprint density at radius 1 is 1.04 bits per heavy atom. The maximum atomic E-state index is 12.9. The number of carbonyl (C=O) groups is 2. The summed E-state index contributed by atoms with van der Waals surface area (Å²) in [6.07, 6.45) is 2.86. The Balaban J connectivity index is 1.73. The van der Waals surface area contributed by atoms with E-state index >= 15 is 0 Å². The molecule has 0 spiro atoms. The first kappa shape index (κ1) is 18.0. The van der Waals surface area contributed by atoms with Gasteiger partial charge in [-0.25, -0.2) is 0 Å². The van der Waals surface area contributed by atoms with Crippen molar-refractivity contribution < 1.29 is 9.59 Å². The first-order valence-corrected chi connectivity index (χ1v) is 9.20. The molecule has 1 aromatic rings. The van der Waals surface area contributed by atoms with E-state index in [9.17, 15) is 9.59 Å². The summed E-state index contributed by atoms with van der Waals surface area (Å²) in [7, 11) is 0. The summed E-state index contributed by atoms with van der Waals surface area (Å²) in [5, 5.41) is 9.78. The molecule has 0 unspecified atom stereocenters. The number of carbonyl (C=O) groups excluding carboxylic acids is 2. The second kappa shape index (κ2) is 7.63. The van der Waals surface area contributed by atoms with Gasteiger partial charge in [0.2, 0.25) is 5.91 Å². The van der Waals surface area contributed by atoms with Crippen LogP contribution in [0, 0.1) is 17.2 Å². The Morgan fingerprint density at radius 3 is 2.28 bits per heavy atom. The second-order valence-corrected chi connectivity index (χ2v) is 7.42. The predicted octanol–water partition coefficient (Wildman–Crippen LogP) is 3.36. The predicted molar refractivity (Wildman–Crippen MR) is 95.4 cm³/mol. The number of amides is 2. The Morgan fingerprint density at radius 2 is 1.68 bits per heavy atom. The van der Waals surface area contributed by atoms with E-state index in [-0.39, 0.29) is 17.7 Å². The SMILES string of the molecule is N#CC1CCN(C(=O)[C@H]2CCCN2C(=O)c2cc(Cl)cc(Cl)c2)CC1. The normalized spacial score (nSPS) is 21.2. The van der Waals surface area contributed by atoms with Crippen LogP contribution in [0.3, 0.4) is 0 Å². The van der Waals surface area contributed by atoms with Gasteiger partial charge in [-0.2, -0.15) is 5.26 Å². The smallest absolute Gasteiger partial charge is 0.254 e. The van der Waals surface area contributed by atoms with Crippen molar-refractivity contribution in [3.63, 3.8) is 0 Å². The third kappa shape index (κ3) is 3.91. The van der Waals surface area contributed by atoms with Crippen molar-refractivity contribution >= 4 is 35.0 Å². The number of likely N-dealkylation sites (tertiary alicyclic amines) is 2. The summed E-state index contributed by atoms with van der Waals surface area (Å²) < 4.78 is 0. The molecule has 0 aromatic heterocycles. The fraction of sp³-hybridized carbons (Fsp3) is 0.500. The number of benzene rings is 1. The maximum Gasteiger partial charge on any atom is 0.254 e. The van der Waals surface area contributed by atoms with Crippen molar-refractivity contribution in [1.29, 1.82) is 5.26 Å². The van der Waals surface area contributed by atoms with Crippen LogP contribution in [-0.4, -0.2) is 47.3 Å². The molecule has 0 saturated carbocycles. The van der Waals surface area contributed by atoms with Crippen molar-refractivity contribution in [2.75, 3.05) is 19.6 Å². The molecule has 0 aliphatic carbocycles. The Bertz CT molecular complexity index is 703. The van der Waals surface area contributed by atoms with Gasteiger partial charge in [-0.3, -0.25) is 9.59 Å². The van der Waals surface area contributed by atoms with Gasteiger partial charge in [-0.05, 0) is 43.9 Å². The van der Waals surface area contributed by atoms with Crippen molar-refractivity contribution in [2.45, 2.75) is 31.7 Å². The molecule has 1 aromatic carbocycles. The fourth-order valence-electron chi connectivity index (χ4n) is 3.55. The second-order valence-electron chi connectivity index (χ2n) is 6.54. The molecule has 1 atom stereocenters. The number of nitrogens with zero attached hydrogens (tertiary/aromatic N) is 3. The van der Waals surface area contributed by atoms with Crippen LogP contribution >= 0.6 is 23.2 Å². The molecule has 0 N–H and O–H groups in total. The van der Waals surface area contributed by atoms with Gasteiger partial charge in [-0.15, -0.1) is 0 Å². The summed E-state index contributed by atoms with van der Waals surface area (Å²) in [6, 6.07) is 6.55. The summed E-state index contributed by atoms with van der Waals surface area (Å²) in [5.74, 6) is -0.207. The molecule has 2 fully saturated rings. The molecule has 25 heavy (non-hydrogen) atoms. The van der Waals surface area contributed by atoms with E-state index in [4.69, 9.17) is 28.5 Å². The molecule has 7 heteroatoms. The van der Waals surface area contributed by atoms with Crippen molar-refractivity contribution in [3.8, 4) is 6.07 Å². The van der Waals surface area contributed by atoms with Gasteiger partial charge in [0.05, 0.1) is 6.07 Å². The van der Waals surface area contributed by atoms with Crippen LogP contribution < -0.4 is 0 Å². The van der Waals surface area contributed by atoms with Gasteiger partial charge in [0.1, 0.15) is 6.04 Å². The van der Waals surface area contributed by atoms with Crippen LogP contribution in [0.2, 0.25) is 10.0 Å². The summed E-state index contributed by atoms with van der Waals surface area (Å²) in [4.78, 5) is 29.1. The average Bonchev–Trinajstić information content (AvgIpc) is 3.09. The van der Waals surface area contributed by atoms with Crippen LogP contribution in [0.25, 0.3) is 0 Å². The quantitative estimate of drug-likeness (QED) is 0.790. The number of nitriles is 1. The average molecular weight is 380 g/mol. The monoisotopic (exact) mass is 379 g/mol. The minimum atomic E-state index is -0.441. The molecule has 2 saturated heterocycles. The molecule has 2 amide bonds. The molecular weight excluding hydrogens is 361 g/mol. The zero-order chi connectivity index (χ0) is 18.0. The Labute approximate surface area is 157 Å². The van der Waals surface area contributed by atoms with Crippen LogP contribution in [0.15, 0.2) is 18.2 Å². The number of rotatable bonds is 2. The lowest BCUT2D eigenvalue weighted by Gasteiger charge is -2.34. The Kier molecular flexibility index (Phi) is 5.51. The van der Waals surface area contributed by atoms with E-state index in [0.29, 0.717) is 54.5 Å². The summed E-state index contributed by atoms with van der Waals surface area (Å²) >= 11 is 12.0. The number of piperidine rings is 1. The lowest BCUT2D eigenvalue weighted by molar-refractivity contribution is -0.136. The highest BCUT2D eigenvalue weighted by molar-refractivity contribution is 6.35. The van der Waals surface area contributed by atoms with E-state index in [0.717, 1.165) is 6.42 Å². The molecule has 2 aliphatic heterocycles. The van der Waals surface area contributed by atoms with Crippen LogP contribution in [-0.2, 0) is 4.79 Å². The topological polar surface area (TPSA) is 64.4 Å². The highest BCUT2D eigenvalue weighted by Gasteiger charge is 2.38. The number of hydrogen-bond acceptors (Lipinski definition) is 3. The lowest BCUT2D eigenvalue weighted by Crippen LogP contribution is -2.50. The van der Waals surface area contributed by atoms with E-state index in [1.54, 1.807) is 28.0 Å². The van der Waals surface area contributed by atoms with Gasteiger partial charge in [-0.1, -0.05) is 23.2 Å². The van der Waals surface area contributed by atoms with Gasteiger partial charge < -0.3 is 9.80 Å². The highest BCUT2D eigenvalue weighted by Crippen LogP contribution is 2.26. The van der Waals surface area contributed by atoms with E-state index in [1.807, 2.05) is 0 Å². The number of hydrogen-bond donors (Lipinski definition) is 0. The molecule has 2 heterocycles. The van der Waals surface area contributed by atoms with Crippen LogP contribution in [0.4, 0.5) is 0 Å². The molecular formula is C18H19Cl2N3O2. The number of halogens is 2. The third-order valence-corrected chi connectivity index (χ3v) is 5.33. The van der Waals surface area contributed by atoms with Gasteiger partial charge in [0.15, 0.2) is 0 Å². The minimum Gasteiger partial charge on any atom is -0.341 e. The highest BCUT2D eigenvalue weighted by atomic mass is 35.5.